The fourth-order valence-corrected chi connectivity index (χ4v) is 2.60. The molecule has 64 valence electrons. The highest BCUT2D eigenvalue weighted by Gasteiger charge is 2.40. The van der Waals surface area contributed by atoms with E-state index in [2.05, 4.69) is 12.2 Å². The van der Waals surface area contributed by atoms with E-state index in [0.717, 1.165) is 5.92 Å². The van der Waals surface area contributed by atoms with E-state index in [-0.39, 0.29) is 0 Å². The molecule has 0 aromatic carbocycles. The van der Waals surface area contributed by atoms with Crippen molar-refractivity contribution in [3.63, 3.8) is 0 Å². The summed E-state index contributed by atoms with van der Waals surface area (Å²) in [5.74, 6) is 1.02. The van der Waals surface area contributed by atoms with Gasteiger partial charge in [0.25, 0.3) is 0 Å². The largest absolute Gasteiger partial charge is 0.311 e. The number of hydrogen-bond acceptors (Lipinski definition) is 1. The van der Waals surface area contributed by atoms with E-state index in [9.17, 15) is 0 Å². The molecule has 2 fully saturated rings. The van der Waals surface area contributed by atoms with Crippen LogP contribution in [-0.2, 0) is 0 Å². The third-order valence-corrected chi connectivity index (χ3v) is 3.62. The van der Waals surface area contributed by atoms with Crippen molar-refractivity contribution in [1.82, 2.24) is 5.32 Å². The van der Waals surface area contributed by atoms with Crippen LogP contribution >= 0.6 is 0 Å². The Bertz CT molecular complexity index is 138. The van der Waals surface area contributed by atoms with Gasteiger partial charge in [0.2, 0.25) is 0 Å². The number of piperidine rings is 1. The molecule has 11 heavy (non-hydrogen) atoms. The lowest BCUT2D eigenvalue weighted by Gasteiger charge is -2.48. The zero-order valence-corrected chi connectivity index (χ0v) is 7.53. The molecule has 1 nitrogen and oxygen atoms in total. The summed E-state index contributed by atoms with van der Waals surface area (Å²) in [4.78, 5) is 0. The topological polar surface area (TPSA) is 12.0 Å². The molecule has 1 heteroatoms. The van der Waals surface area contributed by atoms with Crippen LogP contribution in [0.1, 0.15) is 45.4 Å². The number of rotatable bonds is 1. The Morgan fingerprint density at radius 3 is 2.82 bits per heavy atom. The molecule has 1 saturated carbocycles. The van der Waals surface area contributed by atoms with Gasteiger partial charge in [0, 0.05) is 5.54 Å². The van der Waals surface area contributed by atoms with Crippen LogP contribution in [0.15, 0.2) is 0 Å². The first-order valence-corrected chi connectivity index (χ1v) is 5.10. The molecule has 1 atom stereocenters. The summed E-state index contributed by atoms with van der Waals surface area (Å²) in [7, 11) is 0. The quantitative estimate of drug-likeness (QED) is 0.609. The standard InChI is InChI=1S/C10H19N/c1-2-9-4-7-11-10(8-9)5-3-6-10/h9,11H,2-8H2,1H3/t9-/m1/s1. The molecule has 1 aliphatic heterocycles. The van der Waals surface area contributed by atoms with Gasteiger partial charge in [0.05, 0.1) is 0 Å². The van der Waals surface area contributed by atoms with Crippen molar-refractivity contribution >= 4 is 0 Å². The van der Waals surface area contributed by atoms with Gasteiger partial charge >= 0.3 is 0 Å². The van der Waals surface area contributed by atoms with Crippen LogP contribution < -0.4 is 5.32 Å². The van der Waals surface area contributed by atoms with Crippen molar-refractivity contribution in [3.05, 3.63) is 0 Å². The van der Waals surface area contributed by atoms with Crippen LogP contribution in [0.5, 0.6) is 0 Å². The van der Waals surface area contributed by atoms with E-state index in [1.54, 1.807) is 0 Å². The Hall–Kier alpha value is -0.0400. The maximum absolute atomic E-state index is 3.70. The number of hydrogen-bond donors (Lipinski definition) is 1. The van der Waals surface area contributed by atoms with Gasteiger partial charge in [-0.1, -0.05) is 13.3 Å². The lowest BCUT2D eigenvalue weighted by Crippen LogP contribution is -2.55. The Morgan fingerprint density at radius 1 is 1.45 bits per heavy atom. The Balaban J connectivity index is 1.92. The van der Waals surface area contributed by atoms with Gasteiger partial charge in [0.1, 0.15) is 0 Å². The highest BCUT2D eigenvalue weighted by molar-refractivity contribution is 4.99. The monoisotopic (exact) mass is 153 g/mol. The molecule has 1 heterocycles. The van der Waals surface area contributed by atoms with Crippen LogP contribution in [0.3, 0.4) is 0 Å². The van der Waals surface area contributed by atoms with Crippen molar-refractivity contribution in [3.8, 4) is 0 Å². The zero-order valence-electron chi connectivity index (χ0n) is 7.53. The minimum Gasteiger partial charge on any atom is -0.311 e. The van der Waals surface area contributed by atoms with Crippen LogP contribution in [0.4, 0.5) is 0 Å². The second-order valence-electron chi connectivity index (χ2n) is 4.33. The lowest BCUT2D eigenvalue weighted by atomic mass is 9.68. The van der Waals surface area contributed by atoms with Crippen LogP contribution in [0.2, 0.25) is 0 Å². The fraction of sp³-hybridized carbons (Fsp3) is 1.00. The predicted molar refractivity (Wildman–Crippen MR) is 47.6 cm³/mol. The van der Waals surface area contributed by atoms with E-state index in [4.69, 9.17) is 0 Å². The molecule has 0 aromatic heterocycles. The van der Waals surface area contributed by atoms with Crippen molar-refractivity contribution in [1.29, 1.82) is 0 Å². The molecule has 0 amide bonds. The van der Waals surface area contributed by atoms with Crippen LogP contribution in [0.25, 0.3) is 0 Å². The minimum absolute atomic E-state index is 0.624. The Morgan fingerprint density at radius 2 is 2.27 bits per heavy atom. The van der Waals surface area contributed by atoms with Gasteiger partial charge in [-0.15, -0.1) is 0 Å². The highest BCUT2D eigenvalue weighted by Crippen LogP contribution is 2.40. The normalized spacial score (nSPS) is 35.2. The van der Waals surface area contributed by atoms with Gasteiger partial charge in [0.15, 0.2) is 0 Å². The average Bonchev–Trinajstić information content (AvgIpc) is 2.02. The third-order valence-electron chi connectivity index (χ3n) is 3.62. The molecule has 1 N–H and O–H groups in total. The fourth-order valence-electron chi connectivity index (χ4n) is 2.60. The van der Waals surface area contributed by atoms with E-state index in [0.29, 0.717) is 5.54 Å². The third kappa shape index (κ3) is 1.31. The van der Waals surface area contributed by atoms with E-state index in [1.165, 1.54) is 45.1 Å². The van der Waals surface area contributed by atoms with E-state index < -0.39 is 0 Å². The maximum Gasteiger partial charge on any atom is 0.0184 e. The number of nitrogens with one attached hydrogen (secondary N) is 1. The van der Waals surface area contributed by atoms with Gasteiger partial charge in [-0.2, -0.15) is 0 Å². The summed E-state index contributed by atoms with van der Waals surface area (Å²) in [6.45, 7) is 3.61. The first-order chi connectivity index (χ1) is 5.35. The molecule has 0 bridgehead atoms. The molecule has 1 spiro atoms. The summed E-state index contributed by atoms with van der Waals surface area (Å²) in [5.41, 5.74) is 0.624. The van der Waals surface area contributed by atoms with Crippen LogP contribution in [-0.4, -0.2) is 12.1 Å². The van der Waals surface area contributed by atoms with Gasteiger partial charge < -0.3 is 5.32 Å². The lowest BCUT2D eigenvalue weighted by molar-refractivity contribution is 0.105. The zero-order chi connectivity index (χ0) is 7.73. The summed E-state index contributed by atoms with van der Waals surface area (Å²) in [5, 5.41) is 3.70. The molecule has 1 aliphatic carbocycles. The average molecular weight is 153 g/mol. The van der Waals surface area contributed by atoms with E-state index >= 15 is 0 Å². The molecule has 0 radical (unpaired) electrons. The smallest absolute Gasteiger partial charge is 0.0184 e. The van der Waals surface area contributed by atoms with Gasteiger partial charge in [-0.25, -0.2) is 0 Å². The molecular weight excluding hydrogens is 134 g/mol. The SMILES string of the molecule is CC[C@@H]1CCNC2(CCC2)C1. The first-order valence-electron chi connectivity index (χ1n) is 5.10. The molecular formula is C10H19N. The van der Waals surface area contributed by atoms with Crippen molar-refractivity contribution in [2.45, 2.75) is 51.0 Å². The second kappa shape index (κ2) is 2.78. The summed E-state index contributed by atoms with van der Waals surface area (Å²) in [6, 6.07) is 0. The first kappa shape index (κ1) is 7.60. The second-order valence-corrected chi connectivity index (χ2v) is 4.33. The Labute approximate surface area is 69.6 Å². The highest BCUT2D eigenvalue weighted by atomic mass is 15.0. The van der Waals surface area contributed by atoms with Crippen molar-refractivity contribution in [2.24, 2.45) is 5.92 Å². The maximum atomic E-state index is 3.70. The summed E-state index contributed by atoms with van der Waals surface area (Å²) in [6.07, 6.45) is 8.63. The van der Waals surface area contributed by atoms with Crippen LogP contribution in [0, 0.1) is 5.92 Å². The van der Waals surface area contributed by atoms with Crippen molar-refractivity contribution in [2.75, 3.05) is 6.54 Å². The van der Waals surface area contributed by atoms with E-state index in [1.807, 2.05) is 0 Å². The molecule has 1 saturated heterocycles. The Kier molecular flexibility index (Phi) is 1.92. The summed E-state index contributed by atoms with van der Waals surface area (Å²) < 4.78 is 0. The van der Waals surface area contributed by atoms with Gasteiger partial charge in [-0.05, 0) is 44.6 Å². The van der Waals surface area contributed by atoms with Crippen molar-refractivity contribution < 1.29 is 0 Å². The minimum atomic E-state index is 0.624. The molecule has 0 unspecified atom stereocenters. The summed E-state index contributed by atoms with van der Waals surface area (Å²) >= 11 is 0. The van der Waals surface area contributed by atoms with Gasteiger partial charge in [-0.3, -0.25) is 0 Å². The molecule has 2 rings (SSSR count). The molecule has 2 aliphatic rings. The molecule has 0 aromatic rings. The predicted octanol–water partition coefficient (Wildman–Crippen LogP) is 2.32.